The highest BCUT2D eigenvalue weighted by Gasteiger charge is 2.45. The van der Waals surface area contributed by atoms with Gasteiger partial charge in [0.1, 0.15) is 5.58 Å². The van der Waals surface area contributed by atoms with Crippen LogP contribution in [0.2, 0.25) is 5.02 Å². The number of Topliss-reactive ketones (excluding diaryl/α,β-unsaturated/α-hetero) is 1. The maximum Gasteiger partial charge on any atom is 0.294 e. The van der Waals surface area contributed by atoms with Crippen molar-refractivity contribution in [2.45, 2.75) is 19.9 Å². The molecule has 0 aliphatic carbocycles. The molecule has 0 radical (unpaired) electrons. The zero-order valence-electron chi connectivity index (χ0n) is 18.0. The summed E-state index contributed by atoms with van der Waals surface area (Å²) in [5.41, 5.74) is 3.73. The fraction of sp³-hybridized carbons (Fsp3) is 0.111. The molecule has 4 aromatic rings. The normalized spacial score (nSPS) is 16.2. The number of hydrogen-bond donors (Lipinski definition) is 1. The molecule has 1 atom stereocenters. The van der Waals surface area contributed by atoms with Crippen LogP contribution in [-0.2, 0) is 4.79 Å². The fourth-order valence-electron chi connectivity index (χ4n) is 4.40. The molecule has 33 heavy (non-hydrogen) atoms. The number of carbonyl (C=O) groups excluding carboxylic acids is 2. The van der Waals surface area contributed by atoms with Crippen molar-refractivity contribution in [1.82, 2.24) is 0 Å². The van der Waals surface area contributed by atoms with Gasteiger partial charge in [0, 0.05) is 16.1 Å². The Bertz CT molecular complexity index is 1430. The van der Waals surface area contributed by atoms with Crippen LogP contribution in [0.15, 0.2) is 88.5 Å². The van der Waals surface area contributed by atoms with E-state index in [0.29, 0.717) is 27.2 Å². The summed E-state index contributed by atoms with van der Waals surface area (Å²) in [5, 5.41) is 12.1. The second-order valence-electron chi connectivity index (χ2n) is 8.22. The van der Waals surface area contributed by atoms with E-state index in [4.69, 9.17) is 16.0 Å². The van der Waals surface area contributed by atoms with Crippen LogP contribution < -0.4 is 4.90 Å². The minimum absolute atomic E-state index is 0.0180. The van der Waals surface area contributed by atoms with E-state index in [9.17, 15) is 14.7 Å². The van der Waals surface area contributed by atoms with Crippen molar-refractivity contribution in [2.75, 3.05) is 4.90 Å². The van der Waals surface area contributed by atoms with E-state index in [1.807, 2.05) is 62.4 Å². The number of fused-ring (bicyclic) bond motifs is 1. The van der Waals surface area contributed by atoms with Gasteiger partial charge < -0.3 is 9.52 Å². The molecule has 2 heterocycles. The third-order valence-corrected chi connectivity index (χ3v) is 5.99. The van der Waals surface area contributed by atoms with Gasteiger partial charge in [-0.3, -0.25) is 14.5 Å². The summed E-state index contributed by atoms with van der Waals surface area (Å²) in [6.45, 7) is 3.88. The molecule has 0 saturated heterocycles. The Balaban J connectivity index is 1.67. The number of hydrogen-bond acceptors (Lipinski definition) is 4. The highest BCUT2D eigenvalue weighted by Crippen LogP contribution is 2.42. The standard InChI is InChI=1S/C27H20ClNO4/c1-15-10-16(2)12-20(11-15)29-24(17-6-4-3-5-7-17)23(26(31)27(29)32)25(30)22-14-18-13-19(28)8-9-21(18)33-22/h3-14,24,31H,1-2H3. The lowest BCUT2D eigenvalue weighted by Crippen LogP contribution is -2.31. The second kappa shape index (κ2) is 7.94. The molecule has 0 fully saturated rings. The van der Waals surface area contributed by atoms with Crippen molar-refractivity contribution in [3.05, 3.63) is 112 Å². The lowest BCUT2D eigenvalue weighted by molar-refractivity contribution is -0.117. The molecule has 5 nitrogen and oxygen atoms in total. The minimum Gasteiger partial charge on any atom is -0.503 e. The molecular weight excluding hydrogens is 438 g/mol. The van der Waals surface area contributed by atoms with Crippen molar-refractivity contribution >= 4 is 39.9 Å². The van der Waals surface area contributed by atoms with Crippen molar-refractivity contribution in [3.63, 3.8) is 0 Å². The van der Waals surface area contributed by atoms with Gasteiger partial charge in [-0.25, -0.2) is 0 Å². The number of benzene rings is 3. The number of rotatable bonds is 4. The number of aliphatic hydroxyl groups excluding tert-OH is 1. The molecule has 6 heteroatoms. The highest BCUT2D eigenvalue weighted by molar-refractivity contribution is 6.31. The summed E-state index contributed by atoms with van der Waals surface area (Å²) in [4.78, 5) is 28.4. The van der Waals surface area contributed by atoms with E-state index in [0.717, 1.165) is 11.1 Å². The Kier molecular flexibility index (Phi) is 5.06. The van der Waals surface area contributed by atoms with Crippen molar-refractivity contribution in [1.29, 1.82) is 0 Å². The fourth-order valence-corrected chi connectivity index (χ4v) is 4.58. The van der Waals surface area contributed by atoms with Gasteiger partial charge in [0.05, 0.1) is 11.6 Å². The summed E-state index contributed by atoms with van der Waals surface area (Å²) < 4.78 is 5.76. The number of furan rings is 1. The second-order valence-corrected chi connectivity index (χ2v) is 8.65. The number of aliphatic hydroxyl groups is 1. The van der Waals surface area contributed by atoms with Crippen molar-refractivity contribution < 1.29 is 19.1 Å². The van der Waals surface area contributed by atoms with Crippen LogP contribution in [0.5, 0.6) is 0 Å². The molecule has 1 aliphatic heterocycles. The van der Waals surface area contributed by atoms with Crippen LogP contribution in [0.4, 0.5) is 5.69 Å². The number of halogens is 1. The van der Waals surface area contributed by atoms with Gasteiger partial charge in [-0.2, -0.15) is 0 Å². The van der Waals surface area contributed by atoms with Gasteiger partial charge in [0.25, 0.3) is 5.91 Å². The van der Waals surface area contributed by atoms with Gasteiger partial charge >= 0.3 is 0 Å². The molecule has 1 aromatic heterocycles. The smallest absolute Gasteiger partial charge is 0.294 e. The van der Waals surface area contributed by atoms with Gasteiger partial charge in [-0.05, 0) is 66.9 Å². The lowest BCUT2D eigenvalue weighted by atomic mass is 9.94. The molecule has 5 rings (SSSR count). The zero-order valence-corrected chi connectivity index (χ0v) is 18.8. The quantitative estimate of drug-likeness (QED) is 0.356. The van der Waals surface area contributed by atoms with Crippen molar-refractivity contribution in [3.8, 4) is 0 Å². The van der Waals surface area contributed by atoms with Crippen LogP contribution in [0.25, 0.3) is 11.0 Å². The first-order valence-corrected chi connectivity index (χ1v) is 10.8. The van der Waals surface area contributed by atoms with Crippen LogP contribution in [-0.4, -0.2) is 16.8 Å². The van der Waals surface area contributed by atoms with E-state index in [2.05, 4.69) is 0 Å². The summed E-state index contributed by atoms with van der Waals surface area (Å²) in [6.07, 6.45) is 0. The van der Waals surface area contributed by atoms with E-state index in [-0.39, 0.29) is 11.3 Å². The Morgan fingerprint density at radius 2 is 1.67 bits per heavy atom. The molecule has 164 valence electrons. The van der Waals surface area contributed by atoms with Crippen LogP contribution >= 0.6 is 11.6 Å². The van der Waals surface area contributed by atoms with Crippen LogP contribution in [0.3, 0.4) is 0 Å². The number of aryl methyl sites for hydroxylation is 2. The molecule has 1 unspecified atom stereocenters. The van der Waals surface area contributed by atoms with E-state index >= 15 is 0 Å². The molecule has 1 N–H and O–H groups in total. The predicted octanol–water partition coefficient (Wildman–Crippen LogP) is 6.49. The third-order valence-electron chi connectivity index (χ3n) is 5.75. The lowest BCUT2D eigenvalue weighted by Gasteiger charge is -2.27. The van der Waals surface area contributed by atoms with E-state index in [1.165, 1.54) is 4.90 Å². The van der Waals surface area contributed by atoms with Crippen LogP contribution in [0.1, 0.15) is 33.3 Å². The van der Waals surface area contributed by atoms with E-state index in [1.54, 1.807) is 24.3 Å². The number of ketones is 1. The summed E-state index contributed by atoms with van der Waals surface area (Å²) in [5.74, 6) is -1.72. The minimum atomic E-state index is -0.802. The topological polar surface area (TPSA) is 70.8 Å². The number of amides is 1. The molecule has 0 bridgehead atoms. The first-order valence-electron chi connectivity index (χ1n) is 10.5. The first-order chi connectivity index (χ1) is 15.8. The monoisotopic (exact) mass is 457 g/mol. The van der Waals surface area contributed by atoms with Gasteiger partial charge in [0.15, 0.2) is 11.5 Å². The number of nitrogens with zero attached hydrogens (tertiary/aromatic N) is 1. The summed E-state index contributed by atoms with van der Waals surface area (Å²) >= 11 is 6.07. The Morgan fingerprint density at radius 3 is 2.36 bits per heavy atom. The van der Waals surface area contributed by atoms with Gasteiger partial charge in [-0.1, -0.05) is 48.0 Å². The maximum absolute atomic E-state index is 13.6. The zero-order chi connectivity index (χ0) is 23.3. The Morgan fingerprint density at radius 1 is 0.970 bits per heavy atom. The summed E-state index contributed by atoms with van der Waals surface area (Å²) in [6, 6.07) is 20.7. The molecular formula is C27H20ClNO4. The highest BCUT2D eigenvalue weighted by atomic mass is 35.5. The van der Waals surface area contributed by atoms with Gasteiger partial charge in [0.2, 0.25) is 5.78 Å². The third kappa shape index (κ3) is 3.60. The Hall–Kier alpha value is -3.83. The average molecular weight is 458 g/mol. The maximum atomic E-state index is 13.6. The summed E-state index contributed by atoms with van der Waals surface area (Å²) in [7, 11) is 0. The van der Waals surface area contributed by atoms with Crippen LogP contribution in [0, 0.1) is 13.8 Å². The molecule has 0 saturated carbocycles. The SMILES string of the molecule is Cc1cc(C)cc(N2C(=O)C(O)=C(C(=O)c3cc4cc(Cl)ccc4o3)C2c2ccccc2)c1. The molecule has 1 amide bonds. The molecule has 3 aromatic carbocycles. The first kappa shape index (κ1) is 21.0. The Labute approximate surface area is 195 Å². The largest absolute Gasteiger partial charge is 0.503 e. The van der Waals surface area contributed by atoms with Gasteiger partial charge in [-0.15, -0.1) is 0 Å². The van der Waals surface area contributed by atoms with Crippen molar-refractivity contribution in [2.24, 2.45) is 0 Å². The predicted molar refractivity (Wildman–Crippen MR) is 128 cm³/mol. The average Bonchev–Trinajstić information content (AvgIpc) is 3.32. The van der Waals surface area contributed by atoms with E-state index < -0.39 is 23.5 Å². The molecule has 0 spiro atoms. The number of carbonyl (C=O) groups is 2. The molecule has 1 aliphatic rings. The number of anilines is 1.